The van der Waals surface area contributed by atoms with E-state index in [1.54, 1.807) is 38.1 Å². The van der Waals surface area contributed by atoms with Crippen molar-refractivity contribution in [2.24, 2.45) is 5.16 Å². The van der Waals surface area contributed by atoms with Gasteiger partial charge in [-0.1, -0.05) is 23.4 Å². The maximum atomic E-state index is 11.2. The predicted octanol–water partition coefficient (Wildman–Crippen LogP) is 2.24. The van der Waals surface area contributed by atoms with E-state index >= 15 is 0 Å². The summed E-state index contributed by atoms with van der Waals surface area (Å²) in [5.74, 6) is -0.429. The van der Waals surface area contributed by atoms with Gasteiger partial charge in [0.05, 0.1) is 11.3 Å². The molecule has 1 aromatic rings. The molecule has 0 saturated carbocycles. The summed E-state index contributed by atoms with van der Waals surface area (Å²) in [7, 11) is 0. The van der Waals surface area contributed by atoms with E-state index in [1.165, 1.54) is 0 Å². The number of carbonyl (C=O) groups is 1. The molecule has 0 saturated heterocycles. The first-order valence-electron chi connectivity index (χ1n) is 3.98. The van der Waals surface area contributed by atoms with Crippen LogP contribution in [0.3, 0.4) is 0 Å². The fourth-order valence-corrected chi connectivity index (χ4v) is 0.760. The smallest absolute Gasteiger partial charge is 0.313 e. The standard InChI is InChI=1S/C10H11NO2/c1-8(2)11-13-10(12)9-6-4-3-5-7-9/h3-7H,1-2H3. The van der Waals surface area contributed by atoms with Gasteiger partial charge in [0.2, 0.25) is 0 Å². The number of nitrogens with zero attached hydrogens (tertiary/aromatic N) is 1. The Balaban J connectivity index is 2.65. The molecule has 0 N–H and O–H groups in total. The number of rotatable bonds is 2. The summed E-state index contributed by atoms with van der Waals surface area (Å²) < 4.78 is 0. The summed E-state index contributed by atoms with van der Waals surface area (Å²) in [6.07, 6.45) is 0. The van der Waals surface area contributed by atoms with Crippen LogP contribution >= 0.6 is 0 Å². The Morgan fingerprint density at radius 1 is 1.23 bits per heavy atom. The summed E-state index contributed by atoms with van der Waals surface area (Å²) >= 11 is 0. The molecule has 0 aliphatic heterocycles. The number of carbonyl (C=O) groups excluding carboxylic acids is 1. The SMILES string of the molecule is CC(C)=NOC(=O)c1ccccc1. The fourth-order valence-electron chi connectivity index (χ4n) is 0.760. The molecule has 3 heteroatoms. The molecule has 0 aromatic heterocycles. The number of hydrogen-bond donors (Lipinski definition) is 0. The van der Waals surface area contributed by atoms with Crippen molar-refractivity contribution in [2.45, 2.75) is 13.8 Å². The minimum absolute atomic E-state index is 0.429. The third kappa shape index (κ3) is 3.07. The van der Waals surface area contributed by atoms with Crippen LogP contribution in [-0.2, 0) is 4.84 Å². The van der Waals surface area contributed by atoms with Crippen molar-refractivity contribution in [1.82, 2.24) is 0 Å². The van der Waals surface area contributed by atoms with Crippen LogP contribution in [0.15, 0.2) is 35.5 Å². The minimum Gasteiger partial charge on any atom is -0.313 e. The second-order valence-electron chi connectivity index (χ2n) is 2.78. The van der Waals surface area contributed by atoms with Gasteiger partial charge in [-0.2, -0.15) is 0 Å². The van der Waals surface area contributed by atoms with E-state index in [4.69, 9.17) is 0 Å². The van der Waals surface area contributed by atoms with E-state index < -0.39 is 5.97 Å². The van der Waals surface area contributed by atoms with Gasteiger partial charge in [0.25, 0.3) is 0 Å². The van der Waals surface area contributed by atoms with Crippen molar-refractivity contribution in [1.29, 1.82) is 0 Å². The van der Waals surface area contributed by atoms with Crippen molar-refractivity contribution in [3.8, 4) is 0 Å². The van der Waals surface area contributed by atoms with Gasteiger partial charge in [-0.15, -0.1) is 0 Å². The fraction of sp³-hybridized carbons (Fsp3) is 0.200. The number of hydrogen-bond acceptors (Lipinski definition) is 3. The molecule has 1 aromatic carbocycles. The van der Waals surface area contributed by atoms with Gasteiger partial charge in [0, 0.05) is 0 Å². The van der Waals surface area contributed by atoms with Crippen LogP contribution in [0.5, 0.6) is 0 Å². The molecule has 0 radical (unpaired) electrons. The van der Waals surface area contributed by atoms with Crippen LogP contribution in [0.2, 0.25) is 0 Å². The first-order chi connectivity index (χ1) is 6.20. The Morgan fingerprint density at radius 3 is 2.38 bits per heavy atom. The molecule has 0 amide bonds. The van der Waals surface area contributed by atoms with Crippen molar-refractivity contribution in [2.75, 3.05) is 0 Å². The molecule has 0 fully saturated rings. The van der Waals surface area contributed by atoms with Crippen molar-refractivity contribution in [3.63, 3.8) is 0 Å². The molecule has 0 spiro atoms. The average Bonchev–Trinajstić information content (AvgIpc) is 2.15. The molecule has 3 nitrogen and oxygen atoms in total. The molecule has 0 heterocycles. The van der Waals surface area contributed by atoms with Crippen molar-refractivity contribution in [3.05, 3.63) is 35.9 Å². The van der Waals surface area contributed by atoms with Crippen LogP contribution in [-0.4, -0.2) is 11.7 Å². The highest BCUT2D eigenvalue weighted by Crippen LogP contribution is 2.00. The molecule has 0 aliphatic carbocycles. The minimum atomic E-state index is -0.429. The van der Waals surface area contributed by atoms with E-state index in [1.807, 2.05) is 6.07 Å². The van der Waals surface area contributed by atoms with Gasteiger partial charge in [0.15, 0.2) is 0 Å². The lowest BCUT2D eigenvalue weighted by molar-refractivity contribution is 0.0515. The van der Waals surface area contributed by atoms with E-state index in [-0.39, 0.29) is 0 Å². The quantitative estimate of drug-likeness (QED) is 0.394. The Labute approximate surface area is 77.0 Å². The molecule has 0 aliphatic rings. The topological polar surface area (TPSA) is 38.7 Å². The van der Waals surface area contributed by atoms with Crippen LogP contribution in [0.1, 0.15) is 24.2 Å². The third-order valence-corrected chi connectivity index (χ3v) is 1.32. The highest BCUT2D eigenvalue weighted by molar-refractivity contribution is 5.90. The molecule has 0 bridgehead atoms. The van der Waals surface area contributed by atoms with Gasteiger partial charge in [0.1, 0.15) is 0 Å². The van der Waals surface area contributed by atoms with Crippen LogP contribution in [0.25, 0.3) is 0 Å². The van der Waals surface area contributed by atoms with Gasteiger partial charge in [-0.25, -0.2) is 4.79 Å². The summed E-state index contributed by atoms with van der Waals surface area (Å²) in [4.78, 5) is 15.9. The molecule has 1 rings (SSSR count). The average molecular weight is 177 g/mol. The Morgan fingerprint density at radius 2 is 1.85 bits per heavy atom. The molecule has 68 valence electrons. The highest BCUT2D eigenvalue weighted by Gasteiger charge is 2.04. The van der Waals surface area contributed by atoms with Crippen molar-refractivity contribution >= 4 is 11.7 Å². The van der Waals surface area contributed by atoms with Gasteiger partial charge in [-0.3, -0.25) is 0 Å². The number of benzene rings is 1. The lowest BCUT2D eigenvalue weighted by Crippen LogP contribution is -2.01. The lowest BCUT2D eigenvalue weighted by Gasteiger charge is -1.96. The second-order valence-corrected chi connectivity index (χ2v) is 2.78. The Kier molecular flexibility index (Phi) is 3.20. The Bertz CT molecular complexity index is 313. The van der Waals surface area contributed by atoms with Crippen LogP contribution < -0.4 is 0 Å². The first kappa shape index (κ1) is 9.45. The van der Waals surface area contributed by atoms with Gasteiger partial charge in [-0.05, 0) is 26.0 Å². The summed E-state index contributed by atoms with van der Waals surface area (Å²) in [6.45, 7) is 3.52. The van der Waals surface area contributed by atoms with Gasteiger partial charge < -0.3 is 4.84 Å². The normalized spacial score (nSPS) is 9.08. The lowest BCUT2D eigenvalue weighted by atomic mass is 10.2. The van der Waals surface area contributed by atoms with Gasteiger partial charge >= 0.3 is 5.97 Å². The zero-order valence-electron chi connectivity index (χ0n) is 7.65. The maximum absolute atomic E-state index is 11.2. The maximum Gasteiger partial charge on any atom is 0.365 e. The highest BCUT2D eigenvalue weighted by atomic mass is 16.7. The molecule has 13 heavy (non-hydrogen) atoms. The zero-order chi connectivity index (χ0) is 9.68. The molecule has 0 unspecified atom stereocenters. The molecular formula is C10H11NO2. The molecule has 0 atom stereocenters. The largest absolute Gasteiger partial charge is 0.365 e. The second kappa shape index (κ2) is 4.40. The summed E-state index contributed by atoms with van der Waals surface area (Å²) in [5, 5.41) is 3.57. The van der Waals surface area contributed by atoms with E-state index in [2.05, 4.69) is 9.99 Å². The van der Waals surface area contributed by atoms with Crippen LogP contribution in [0.4, 0.5) is 0 Å². The summed E-state index contributed by atoms with van der Waals surface area (Å²) in [5.41, 5.74) is 1.22. The van der Waals surface area contributed by atoms with Crippen LogP contribution in [0, 0.1) is 0 Å². The molecular weight excluding hydrogens is 166 g/mol. The van der Waals surface area contributed by atoms with E-state index in [0.717, 1.165) is 0 Å². The predicted molar refractivity (Wildman–Crippen MR) is 50.6 cm³/mol. The third-order valence-electron chi connectivity index (χ3n) is 1.32. The van der Waals surface area contributed by atoms with E-state index in [0.29, 0.717) is 11.3 Å². The number of oxime groups is 1. The summed E-state index contributed by atoms with van der Waals surface area (Å²) in [6, 6.07) is 8.76. The zero-order valence-corrected chi connectivity index (χ0v) is 7.65. The monoisotopic (exact) mass is 177 g/mol. The Hall–Kier alpha value is -1.64. The first-order valence-corrected chi connectivity index (χ1v) is 3.98. The van der Waals surface area contributed by atoms with E-state index in [9.17, 15) is 4.79 Å². The van der Waals surface area contributed by atoms with Crippen molar-refractivity contribution < 1.29 is 9.63 Å².